The number of hydrogen-bond acceptors (Lipinski definition) is 2. The number of benzene rings is 1. The highest BCUT2D eigenvalue weighted by Gasteiger charge is 2.47. The number of fused-ring (bicyclic) bond motifs is 1. The van der Waals surface area contributed by atoms with Crippen molar-refractivity contribution < 1.29 is 8.84 Å². The Balaban J connectivity index is 2.44. The molecule has 2 nitrogen and oxygen atoms in total. The van der Waals surface area contributed by atoms with Gasteiger partial charge in [-0.05, 0) is 28.8 Å². The summed E-state index contributed by atoms with van der Waals surface area (Å²) in [4.78, 5) is 0. The van der Waals surface area contributed by atoms with Crippen LogP contribution in [-0.2, 0) is 4.43 Å². The molecule has 1 aromatic heterocycles. The van der Waals surface area contributed by atoms with Gasteiger partial charge in [-0.15, -0.1) is 0 Å². The molecule has 0 aliphatic carbocycles. The zero-order chi connectivity index (χ0) is 17.2. The van der Waals surface area contributed by atoms with Gasteiger partial charge in [0.25, 0.3) is 8.32 Å². The lowest BCUT2D eigenvalue weighted by atomic mass is 10.2. The topological polar surface area (TPSA) is 22.4 Å². The minimum atomic E-state index is -2.06. The van der Waals surface area contributed by atoms with Crippen LogP contribution in [0.2, 0.25) is 16.6 Å². The first-order valence-corrected chi connectivity index (χ1v) is 10.9. The second kappa shape index (κ2) is 7.14. The highest BCUT2D eigenvalue weighted by Crippen LogP contribution is 2.45. The minimum absolute atomic E-state index is 0.485. The Hall–Kier alpha value is -1.19. The SMILES string of the molecule is CC(C)[Si](O/C(=C/Cl)c1cc2ccccc2o1)(C(C)C)C(C)C. The fourth-order valence-electron chi connectivity index (χ4n) is 3.77. The molecule has 0 unspecified atom stereocenters. The van der Waals surface area contributed by atoms with Crippen LogP contribution in [0, 0.1) is 0 Å². The van der Waals surface area contributed by atoms with Gasteiger partial charge in [0.05, 0.1) is 0 Å². The first-order valence-electron chi connectivity index (χ1n) is 8.31. The van der Waals surface area contributed by atoms with Gasteiger partial charge in [0.2, 0.25) is 0 Å². The summed E-state index contributed by atoms with van der Waals surface area (Å²) in [5.74, 6) is 1.37. The summed E-state index contributed by atoms with van der Waals surface area (Å²) >= 11 is 6.12. The molecule has 1 aromatic carbocycles. The molecule has 0 atom stereocenters. The molecule has 0 fully saturated rings. The number of furan rings is 1. The van der Waals surface area contributed by atoms with Crippen LogP contribution in [0.5, 0.6) is 0 Å². The second-order valence-corrected chi connectivity index (χ2v) is 12.6. The molecule has 0 N–H and O–H groups in total. The van der Waals surface area contributed by atoms with E-state index in [-0.39, 0.29) is 0 Å². The van der Waals surface area contributed by atoms with E-state index in [0.29, 0.717) is 28.1 Å². The maximum absolute atomic E-state index is 6.66. The van der Waals surface area contributed by atoms with Gasteiger partial charge in [-0.25, -0.2) is 0 Å². The molecule has 2 aromatic rings. The second-order valence-electron chi connectivity index (χ2n) is 7.04. The Morgan fingerprint density at radius 1 is 1.04 bits per heavy atom. The zero-order valence-corrected chi connectivity index (χ0v) is 16.6. The molecular weight excluding hydrogens is 324 g/mol. The van der Waals surface area contributed by atoms with Crippen LogP contribution in [0.4, 0.5) is 0 Å². The molecule has 126 valence electrons. The van der Waals surface area contributed by atoms with Crippen LogP contribution >= 0.6 is 11.6 Å². The molecular formula is C19H27ClO2Si. The van der Waals surface area contributed by atoms with E-state index in [2.05, 4.69) is 41.5 Å². The summed E-state index contributed by atoms with van der Waals surface area (Å²) in [5.41, 5.74) is 3.83. The van der Waals surface area contributed by atoms with Crippen molar-refractivity contribution in [2.45, 2.75) is 58.2 Å². The number of hydrogen-bond donors (Lipinski definition) is 0. The minimum Gasteiger partial charge on any atom is -0.540 e. The normalized spacial score (nSPS) is 13.6. The summed E-state index contributed by atoms with van der Waals surface area (Å²) < 4.78 is 12.6. The summed E-state index contributed by atoms with van der Waals surface area (Å²) in [6, 6.07) is 9.97. The predicted molar refractivity (Wildman–Crippen MR) is 102 cm³/mol. The molecule has 1 heterocycles. The maximum atomic E-state index is 6.66. The maximum Gasteiger partial charge on any atom is 0.258 e. The van der Waals surface area contributed by atoms with E-state index in [4.69, 9.17) is 20.4 Å². The van der Waals surface area contributed by atoms with Gasteiger partial charge in [0, 0.05) is 10.9 Å². The fraction of sp³-hybridized carbons (Fsp3) is 0.474. The smallest absolute Gasteiger partial charge is 0.258 e. The van der Waals surface area contributed by atoms with E-state index in [1.54, 1.807) is 0 Å². The van der Waals surface area contributed by atoms with Crippen LogP contribution < -0.4 is 0 Å². The zero-order valence-electron chi connectivity index (χ0n) is 14.9. The van der Waals surface area contributed by atoms with Crippen molar-refractivity contribution in [3.05, 3.63) is 41.6 Å². The Kier molecular flexibility index (Phi) is 5.64. The van der Waals surface area contributed by atoms with Gasteiger partial charge in [-0.1, -0.05) is 71.3 Å². The Morgan fingerprint density at radius 2 is 1.61 bits per heavy atom. The van der Waals surface area contributed by atoms with E-state index in [1.165, 1.54) is 5.54 Å². The van der Waals surface area contributed by atoms with Crippen molar-refractivity contribution in [3.8, 4) is 0 Å². The van der Waals surface area contributed by atoms with E-state index < -0.39 is 8.32 Å². The average molecular weight is 351 g/mol. The molecule has 0 aliphatic heterocycles. The Morgan fingerprint density at radius 3 is 2.09 bits per heavy atom. The van der Waals surface area contributed by atoms with Gasteiger partial charge < -0.3 is 8.84 Å². The van der Waals surface area contributed by atoms with Gasteiger partial charge in [-0.2, -0.15) is 0 Å². The van der Waals surface area contributed by atoms with E-state index in [0.717, 1.165) is 11.0 Å². The summed E-state index contributed by atoms with van der Waals surface area (Å²) in [6.07, 6.45) is 0. The lowest BCUT2D eigenvalue weighted by molar-refractivity contribution is 0.425. The van der Waals surface area contributed by atoms with E-state index in [1.807, 2.05) is 30.3 Å². The molecule has 0 spiro atoms. The molecule has 2 rings (SSSR count). The average Bonchev–Trinajstić information content (AvgIpc) is 2.90. The largest absolute Gasteiger partial charge is 0.540 e. The summed E-state index contributed by atoms with van der Waals surface area (Å²) in [7, 11) is -2.06. The van der Waals surface area contributed by atoms with Gasteiger partial charge >= 0.3 is 0 Å². The molecule has 0 saturated carbocycles. The molecule has 23 heavy (non-hydrogen) atoms. The van der Waals surface area contributed by atoms with Crippen LogP contribution in [-0.4, -0.2) is 8.32 Å². The highest BCUT2D eigenvalue weighted by atomic mass is 35.5. The van der Waals surface area contributed by atoms with Gasteiger partial charge in [0.1, 0.15) is 5.58 Å². The monoisotopic (exact) mass is 350 g/mol. The fourth-order valence-corrected chi connectivity index (χ4v) is 9.25. The quantitative estimate of drug-likeness (QED) is 0.407. The predicted octanol–water partition coefficient (Wildman–Crippen LogP) is 7.16. The first-order chi connectivity index (χ1) is 10.8. The highest BCUT2D eigenvalue weighted by molar-refractivity contribution is 6.78. The number of rotatable bonds is 6. The molecule has 0 amide bonds. The third kappa shape index (κ3) is 3.36. The van der Waals surface area contributed by atoms with Crippen molar-refractivity contribution in [1.82, 2.24) is 0 Å². The third-order valence-corrected chi connectivity index (χ3v) is 10.9. The van der Waals surface area contributed by atoms with Crippen molar-refractivity contribution in [1.29, 1.82) is 0 Å². The van der Waals surface area contributed by atoms with Crippen molar-refractivity contribution in [2.75, 3.05) is 0 Å². The lowest BCUT2D eigenvalue weighted by Crippen LogP contribution is -2.47. The van der Waals surface area contributed by atoms with E-state index >= 15 is 0 Å². The van der Waals surface area contributed by atoms with Crippen molar-refractivity contribution >= 4 is 36.6 Å². The van der Waals surface area contributed by atoms with Crippen molar-refractivity contribution in [2.24, 2.45) is 0 Å². The standard InChI is InChI=1S/C19H27ClO2Si/c1-13(2)23(14(3)4,15(5)6)22-19(12-20)18-11-16-9-7-8-10-17(16)21-18/h7-15H,1-6H3/b19-12+. The van der Waals surface area contributed by atoms with Crippen LogP contribution in [0.3, 0.4) is 0 Å². The van der Waals surface area contributed by atoms with Crippen LogP contribution in [0.15, 0.2) is 40.3 Å². The molecule has 0 bridgehead atoms. The Bertz CT molecular complexity index is 631. The van der Waals surface area contributed by atoms with Crippen LogP contribution in [0.25, 0.3) is 16.7 Å². The molecule has 0 aliphatic rings. The molecule has 4 heteroatoms. The molecule has 0 radical (unpaired) electrons. The number of halogens is 1. The van der Waals surface area contributed by atoms with Crippen molar-refractivity contribution in [3.63, 3.8) is 0 Å². The Labute approximate surface area is 145 Å². The van der Waals surface area contributed by atoms with Gasteiger partial charge in [-0.3, -0.25) is 0 Å². The number of para-hydroxylation sites is 1. The first kappa shape index (κ1) is 18.1. The lowest BCUT2D eigenvalue weighted by Gasteiger charge is -2.42. The third-order valence-electron chi connectivity index (χ3n) is 4.76. The van der Waals surface area contributed by atoms with E-state index in [9.17, 15) is 0 Å². The summed E-state index contributed by atoms with van der Waals surface area (Å²) in [5, 5.41) is 1.06. The summed E-state index contributed by atoms with van der Waals surface area (Å²) in [6.45, 7) is 13.6. The molecule has 0 saturated heterocycles. The van der Waals surface area contributed by atoms with Crippen LogP contribution in [0.1, 0.15) is 47.3 Å². The van der Waals surface area contributed by atoms with Gasteiger partial charge in [0.15, 0.2) is 11.5 Å².